The standard InChI is InChI=1S/C4H11NO5S2.Mt/c1-11(6,7)5-3-2-4-12(8,9)10;/h5H,2-4H2,1H3,(H,8,9,10);. The molecule has 0 spiro atoms. The van der Waals surface area contributed by atoms with E-state index in [4.69, 9.17) is 4.55 Å². The van der Waals surface area contributed by atoms with Gasteiger partial charge in [0.25, 0.3) is 10.1 Å². The molecule has 0 aliphatic heterocycles. The van der Waals surface area contributed by atoms with Gasteiger partial charge in [-0.2, -0.15) is 8.42 Å². The summed E-state index contributed by atoms with van der Waals surface area (Å²) in [6, 6.07) is 0. The summed E-state index contributed by atoms with van der Waals surface area (Å²) >= 11 is 0. The van der Waals surface area contributed by atoms with E-state index >= 15 is 0 Å². The molecule has 13 heavy (non-hydrogen) atoms. The summed E-state index contributed by atoms with van der Waals surface area (Å²) < 4.78 is 51.5. The zero-order chi connectivity index (χ0) is 9.83. The van der Waals surface area contributed by atoms with Gasteiger partial charge < -0.3 is 0 Å². The van der Waals surface area contributed by atoms with Crippen molar-refractivity contribution in [2.45, 2.75) is 6.42 Å². The van der Waals surface area contributed by atoms with Crippen LogP contribution in [0, 0.1) is 0 Å². The molecule has 0 aromatic carbocycles. The minimum absolute atomic E-state index is 0. The third-order valence-corrected chi connectivity index (χ3v) is 2.48. The van der Waals surface area contributed by atoms with E-state index in [1.807, 2.05) is 0 Å². The van der Waals surface area contributed by atoms with Crippen LogP contribution in [0.2, 0.25) is 0 Å². The molecule has 76 valence electrons. The summed E-state index contributed by atoms with van der Waals surface area (Å²) in [5, 5.41) is 0. The predicted octanol–water partition coefficient (Wildman–Crippen LogP) is -1.19. The molecule has 0 aromatic heterocycles. The maximum atomic E-state index is 10.4. The Morgan fingerprint density at radius 2 is 1.69 bits per heavy atom. The summed E-state index contributed by atoms with van der Waals surface area (Å²) in [7, 11) is -7.24. The minimum Gasteiger partial charge on any atom is -0.286 e. The molecule has 6 nitrogen and oxygen atoms in total. The zero-order valence-corrected chi connectivity index (χ0v) is 15.4. The van der Waals surface area contributed by atoms with E-state index in [1.54, 1.807) is 0 Å². The Hall–Kier alpha value is -1.18. The van der Waals surface area contributed by atoms with Crippen molar-refractivity contribution in [1.29, 1.82) is 0 Å². The van der Waals surface area contributed by atoms with Crippen LogP contribution in [0.1, 0.15) is 6.42 Å². The molecular formula is C4H11MtNO5S2. The first-order valence-corrected chi connectivity index (χ1v) is 6.60. The molecule has 0 bridgehead atoms. The van der Waals surface area contributed by atoms with Crippen molar-refractivity contribution < 1.29 is 21.4 Å². The van der Waals surface area contributed by atoms with Crippen LogP contribution >= 0.6 is 0 Å². The van der Waals surface area contributed by atoms with Crippen LogP contribution in [0.5, 0.6) is 0 Å². The second kappa shape index (κ2) is 4.75. The fourth-order valence-electron chi connectivity index (χ4n) is 0.512. The van der Waals surface area contributed by atoms with Crippen molar-refractivity contribution >= 4 is 20.1 Å². The zero-order valence-electron chi connectivity index (χ0n) is 7.23. The van der Waals surface area contributed by atoms with Crippen molar-refractivity contribution in [3.63, 3.8) is 0 Å². The molecule has 0 rings (SSSR count). The molecular weight excluding hydrogens is 484 g/mol. The van der Waals surface area contributed by atoms with Gasteiger partial charge in [-0.1, -0.05) is 0 Å². The monoisotopic (exact) mass is 495 g/mol. The van der Waals surface area contributed by atoms with Crippen LogP contribution in [-0.2, 0) is 20.1 Å². The number of hydrogen-bond donors (Lipinski definition) is 2. The number of rotatable bonds is 5. The molecule has 2 N–H and O–H groups in total. The van der Waals surface area contributed by atoms with E-state index in [0.29, 0.717) is 0 Å². The predicted molar refractivity (Wildman–Crippen MR) is 43.9 cm³/mol. The molecule has 0 radical (unpaired) electrons. The average molecular weight is 495 g/mol. The topological polar surface area (TPSA) is 101 Å². The molecule has 0 fully saturated rings. The van der Waals surface area contributed by atoms with Crippen molar-refractivity contribution in [2.24, 2.45) is 0 Å². The van der Waals surface area contributed by atoms with Crippen molar-refractivity contribution in [2.75, 3.05) is 18.6 Å². The number of hydrogen-bond acceptors (Lipinski definition) is 4. The Balaban J connectivity index is 0. The third kappa shape index (κ3) is 13.8. The van der Waals surface area contributed by atoms with Crippen LogP contribution in [0.25, 0.3) is 0 Å². The molecule has 0 saturated heterocycles. The Morgan fingerprint density at radius 1 is 1.23 bits per heavy atom. The van der Waals surface area contributed by atoms with Gasteiger partial charge in [0, 0.05) is 6.54 Å². The van der Waals surface area contributed by atoms with Gasteiger partial charge in [-0.15, -0.1) is 0 Å². The Kier molecular flexibility index (Phi) is 5.24. The van der Waals surface area contributed by atoms with E-state index in [1.165, 1.54) is 0 Å². The fraction of sp³-hybridized carbons (Fsp3) is 1.00. The third-order valence-electron chi connectivity index (χ3n) is 0.943. The maximum Gasteiger partial charge on any atom is 0.264 e. The average Bonchev–Trinajstić information content (AvgIpc) is 1.76. The molecule has 0 unspecified atom stereocenters. The molecule has 0 aliphatic carbocycles. The molecule has 9 heteroatoms. The van der Waals surface area contributed by atoms with Crippen LogP contribution in [0.3, 0.4) is 0 Å². The van der Waals surface area contributed by atoms with Crippen molar-refractivity contribution in [3.8, 4) is 0 Å². The normalized spacial score (nSPS) is 12.2. The van der Waals surface area contributed by atoms with Gasteiger partial charge in [0.05, 0.1) is 12.0 Å². The van der Waals surface area contributed by atoms with Crippen molar-refractivity contribution in [1.82, 2.24) is 4.72 Å². The largest absolute Gasteiger partial charge is 0.286 e. The Bertz CT molecular complexity index is 286. The summed E-state index contributed by atoms with van der Waals surface area (Å²) in [6.45, 7) is 0.0125. The van der Waals surface area contributed by atoms with Crippen LogP contribution in [0.4, 0.5) is 0 Å². The number of nitrogens with one attached hydrogen (secondary N) is 1. The van der Waals surface area contributed by atoms with Gasteiger partial charge in [-0.3, -0.25) is 4.55 Å². The molecule has 0 atom stereocenters. The first kappa shape index (κ1) is 14.3. The first-order valence-electron chi connectivity index (χ1n) is 3.10. The Morgan fingerprint density at radius 3 is 2.00 bits per heavy atom. The first-order chi connectivity index (χ1) is 5.21. The van der Waals surface area contributed by atoms with Gasteiger partial charge in [0.1, 0.15) is 0 Å². The number of sulfonamides is 1. The summed E-state index contributed by atoms with van der Waals surface area (Å²) in [4.78, 5) is 0. The summed E-state index contributed by atoms with van der Waals surface area (Å²) in [5.41, 5.74) is 0. The van der Waals surface area contributed by atoms with Crippen LogP contribution < -0.4 is 4.72 Å². The van der Waals surface area contributed by atoms with Gasteiger partial charge >= 0.3 is 0 Å². The summed E-state index contributed by atoms with van der Waals surface area (Å²) in [6.07, 6.45) is 1.03. The van der Waals surface area contributed by atoms with Crippen molar-refractivity contribution in [3.05, 3.63) is 0 Å². The van der Waals surface area contributed by atoms with Gasteiger partial charge in [0.2, 0.25) is 10.0 Å². The van der Waals surface area contributed by atoms with Crippen LogP contribution in [-0.4, -0.2) is 39.9 Å². The second-order valence-corrected chi connectivity index (χ2v) is 5.71. The molecule has 0 aliphatic rings. The van der Waals surface area contributed by atoms with E-state index in [-0.39, 0.29) is 13.0 Å². The van der Waals surface area contributed by atoms with Crippen LogP contribution in [0.15, 0.2) is 0 Å². The maximum absolute atomic E-state index is 10.4. The molecule has 0 heterocycles. The quantitative estimate of drug-likeness (QED) is 0.370. The molecule has 0 amide bonds. The Labute approximate surface area is 71.8 Å². The summed E-state index contributed by atoms with van der Waals surface area (Å²) in [5.74, 6) is -0.435. The van der Waals surface area contributed by atoms with E-state index in [9.17, 15) is 16.8 Å². The SMILES string of the molecule is CS(=O)(=O)NCCCS(=O)(=O)O.[Mt]. The minimum atomic E-state index is -3.98. The van der Waals surface area contributed by atoms with E-state index in [2.05, 4.69) is 4.72 Å². The van der Waals surface area contributed by atoms with E-state index < -0.39 is 25.9 Å². The second-order valence-electron chi connectivity index (χ2n) is 2.31. The fourth-order valence-corrected chi connectivity index (χ4v) is 1.54. The van der Waals surface area contributed by atoms with Gasteiger partial charge in [0.15, 0.2) is 0 Å². The van der Waals surface area contributed by atoms with Gasteiger partial charge in [-0.05, 0) is 6.42 Å². The smallest absolute Gasteiger partial charge is 0.264 e. The van der Waals surface area contributed by atoms with E-state index in [0.717, 1.165) is 6.26 Å². The van der Waals surface area contributed by atoms with Gasteiger partial charge in [-0.25, -0.2) is 13.1 Å². The molecule has 0 saturated carbocycles. The molecule has 0 aromatic rings.